The van der Waals surface area contributed by atoms with E-state index in [1.165, 1.54) is 5.56 Å². The molecule has 2 aromatic rings. The van der Waals surface area contributed by atoms with Crippen LogP contribution < -0.4 is 15.2 Å². The van der Waals surface area contributed by atoms with Crippen molar-refractivity contribution in [3.05, 3.63) is 53.1 Å². The second-order valence-corrected chi connectivity index (χ2v) is 6.19. The second kappa shape index (κ2) is 5.08. The molecule has 2 N–H and O–H groups in total. The van der Waals surface area contributed by atoms with Gasteiger partial charge in [0.1, 0.15) is 11.4 Å². The van der Waals surface area contributed by atoms with Crippen LogP contribution >= 0.6 is 0 Å². The molecule has 1 aliphatic rings. The highest BCUT2D eigenvalue weighted by atomic mass is 16.5. The van der Waals surface area contributed by atoms with Crippen molar-refractivity contribution in [3.8, 4) is 17.2 Å². The zero-order valence-corrected chi connectivity index (χ0v) is 12.8. The maximum absolute atomic E-state index is 6.11. The van der Waals surface area contributed by atoms with Crippen molar-refractivity contribution in [2.24, 2.45) is 5.73 Å². The summed E-state index contributed by atoms with van der Waals surface area (Å²) in [5, 5.41) is 0. The molecule has 0 amide bonds. The third-order valence-corrected chi connectivity index (χ3v) is 3.76. The summed E-state index contributed by atoms with van der Waals surface area (Å²) in [5.41, 5.74) is 8.88. The smallest absolute Gasteiger partial charge is 0.169 e. The number of hydrogen-bond donors (Lipinski definition) is 1. The van der Waals surface area contributed by atoms with Gasteiger partial charge in [-0.3, -0.25) is 0 Å². The van der Waals surface area contributed by atoms with E-state index in [2.05, 4.69) is 19.9 Å². The maximum atomic E-state index is 6.11. The predicted octanol–water partition coefficient (Wildman–Crippen LogP) is 3.96. The number of hydrogen-bond acceptors (Lipinski definition) is 3. The van der Waals surface area contributed by atoms with Crippen LogP contribution in [-0.4, -0.2) is 5.60 Å². The van der Waals surface area contributed by atoms with E-state index in [0.29, 0.717) is 6.54 Å². The number of nitrogens with two attached hydrogens (primary N) is 1. The van der Waals surface area contributed by atoms with Crippen LogP contribution in [0.2, 0.25) is 0 Å². The SMILES string of the molecule is Cc1ccc(CN)cc1Oc1cccc2c1OC(C)(C)C2. The number of para-hydroxylation sites is 1. The lowest BCUT2D eigenvalue weighted by molar-refractivity contribution is 0.135. The molecule has 0 unspecified atom stereocenters. The molecule has 2 aromatic carbocycles. The molecular weight excluding hydrogens is 262 g/mol. The van der Waals surface area contributed by atoms with Crippen molar-refractivity contribution in [3.63, 3.8) is 0 Å². The van der Waals surface area contributed by atoms with E-state index in [0.717, 1.165) is 34.8 Å². The topological polar surface area (TPSA) is 44.5 Å². The third kappa shape index (κ3) is 2.74. The molecule has 1 heterocycles. The Hall–Kier alpha value is -2.00. The monoisotopic (exact) mass is 283 g/mol. The summed E-state index contributed by atoms with van der Waals surface area (Å²) in [6.45, 7) is 6.73. The fraction of sp³-hybridized carbons (Fsp3) is 0.333. The molecular formula is C18H21NO2. The van der Waals surface area contributed by atoms with Gasteiger partial charge in [0.15, 0.2) is 11.5 Å². The minimum Gasteiger partial charge on any atom is -0.483 e. The largest absolute Gasteiger partial charge is 0.483 e. The number of benzene rings is 2. The molecule has 0 aliphatic carbocycles. The third-order valence-electron chi connectivity index (χ3n) is 3.76. The highest BCUT2D eigenvalue weighted by Crippen LogP contribution is 2.43. The quantitative estimate of drug-likeness (QED) is 0.927. The highest BCUT2D eigenvalue weighted by molar-refractivity contribution is 5.52. The fourth-order valence-corrected chi connectivity index (χ4v) is 2.67. The van der Waals surface area contributed by atoms with Crippen LogP contribution in [0.3, 0.4) is 0 Å². The molecule has 3 rings (SSSR count). The van der Waals surface area contributed by atoms with Crippen LogP contribution in [0.5, 0.6) is 17.2 Å². The Balaban J connectivity index is 1.96. The Morgan fingerprint density at radius 1 is 1.19 bits per heavy atom. The zero-order chi connectivity index (χ0) is 15.0. The van der Waals surface area contributed by atoms with Crippen LogP contribution in [0.4, 0.5) is 0 Å². The molecule has 21 heavy (non-hydrogen) atoms. The second-order valence-electron chi connectivity index (χ2n) is 6.19. The summed E-state index contributed by atoms with van der Waals surface area (Å²) < 4.78 is 12.2. The summed E-state index contributed by atoms with van der Waals surface area (Å²) in [6, 6.07) is 12.1. The van der Waals surface area contributed by atoms with Crippen LogP contribution in [0.25, 0.3) is 0 Å². The average Bonchev–Trinajstić information content (AvgIpc) is 2.76. The summed E-state index contributed by atoms with van der Waals surface area (Å²) in [4.78, 5) is 0. The molecule has 0 saturated heterocycles. The lowest BCUT2D eigenvalue weighted by atomic mass is 10.0. The van der Waals surface area contributed by atoms with Crippen LogP contribution in [-0.2, 0) is 13.0 Å². The lowest BCUT2D eigenvalue weighted by Crippen LogP contribution is -2.24. The van der Waals surface area contributed by atoms with E-state index in [9.17, 15) is 0 Å². The molecule has 0 bridgehead atoms. The Bertz CT molecular complexity index is 677. The molecule has 3 nitrogen and oxygen atoms in total. The van der Waals surface area contributed by atoms with Crippen molar-refractivity contribution in [1.29, 1.82) is 0 Å². The van der Waals surface area contributed by atoms with Crippen molar-refractivity contribution in [2.45, 2.75) is 39.3 Å². The Morgan fingerprint density at radius 2 is 2.00 bits per heavy atom. The van der Waals surface area contributed by atoms with E-state index >= 15 is 0 Å². The van der Waals surface area contributed by atoms with Gasteiger partial charge in [-0.25, -0.2) is 0 Å². The summed E-state index contributed by atoms with van der Waals surface area (Å²) >= 11 is 0. The van der Waals surface area contributed by atoms with Gasteiger partial charge in [0.2, 0.25) is 0 Å². The van der Waals surface area contributed by atoms with Gasteiger partial charge in [0, 0.05) is 18.5 Å². The molecule has 0 radical (unpaired) electrons. The molecule has 1 aliphatic heterocycles. The number of rotatable bonds is 3. The Labute approximate surface area is 125 Å². The van der Waals surface area contributed by atoms with E-state index < -0.39 is 0 Å². The van der Waals surface area contributed by atoms with Gasteiger partial charge >= 0.3 is 0 Å². The van der Waals surface area contributed by atoms with E-state index in [1.807, 2.05) is 37.3 Å². The Morgan fingerprint density at radius 3 is 2.76 bits per heavy atom. The minimum atomic E-state index is -0.171. The summed E-state index contributed by atoms with van der Waals surface area (Å²) in [5.74, 6) is 2.47. The lowest BCUT2D eigenvalue weighted by Gasteiger charge is -2.18. The first-order chi connectivity index (χ1) is 9.98. The number of ether oxygens (including phenoxy) is 2. The first kappa shape index (κ1) is 14.0. The molecule has 110 valence electrons. The Kier molecular flexibility index (Phi) is 3.38. The molecule has 3 heteroatoms. The van der Waals surface area contributed by atoms with Crippen LogP contribution in [0.1, 0.15) is 30.5 Å². The van der Waals surface area contributed by atoms with Gasteiger partial charge in [-0.15, -0.1) is 0 Å². The first-order valence-electron chi connectivity index (χ1n) is 7.27. The number of fused-ring (bicyclic) bond motifs is 1. The van der Waals surface area contributed by atoms with E-state index in [4.69, 9.17) is 15.2 Å². The first-order valence-corrected chi connectivity index (χ1v) is 7.27. The van der Waals surface area contributed by atoms with Gasteiger partial charge in [0.25, 0.3) is 0 Å². The van der Waals surface area contributed by atoms with Crippen LogP contribution in [0, 0.1) is 6.92 Å². The van der Waals surface area contributed by atoms with E-state index in [1.54, 1.807) is 0 Å². The van der Waals surface area contributed by atoms with E-state index in [-0.39, 0.29) is 5.60 Å². The zero-order valence-electron chi connectivity index (χ0n) is 12.8. The molecule has 0 aromatic heterocycles. The van der Waals surface area contributed by atoms with Crippen molar-refractivity contribution >= 4 is 0 Å². The highest BCUT2D eigenvalue weighted by Gasteiger charge is 2.32. The molecule has 0 saturated carbocycles. The van der Waals surface area contributed by atoms with Crippen molar-refractivity contribution < 1.29 is 9.47 Å². The number of aryl methyl sites for hydroxylation is 1. The predicted molar refractivity (Wildman–Crippen MR) is 84.0 cm³/mol. The fourth-order valence-electron chi connectivity index (χ4n) is 2.67. The van der Waals surface area contributed by atoms with Crippen LogP contribution in [0.15, 0.2) is 36.4 Å². The summed E-state index contributed by atoms with van der Waals surface area (Å²) in [7, 11) is 0. The normalized spacial score (nSPS) is 15.4. The van der Waals surface area contributed by atoms with Crippen molar-refractivity contribution in [1.82, 2.24) is 0 Å². The average molecular weight is 283 g/mol. The molecule has 0 fully saturated rings. The van der Waals surface area contributed by atoms with Gasteiger partial charge in [-0.1, -0.05) is 24.3 Å². The molecule has 0 atom stereocenters. The van der Waals surface area contributed by atoms with Gasteiger partial charge in [0.05, 0.1) is 0 Å². The maximum Gasteiger partial charge on any atom is 0.169 e. The van der Waals surface area contributed by atoms with Crippen molar-refractivity contribution in [2.75, 3.05) is 0 Å². The molecule has 0 spiro atoms. The van der Waals surface area contributed by atoms with Gasteiger partial charge < -0.3 is 15.2 Å². The van der Waals surface area contributed by atoms with Gasteiger partial charge in [-0.05, 0) is 44.0 Å². The summed E-state index contributed by atoms with van der Waals surface area (Å²) in [6.07, 6.45) is 0.904. The standard InChI is InChI=1S/C18H21NO2/c1-12-7-8-13(11-19)9-16(12)20-15-6-4-5-14-10-18(2,3)21-17(14)15/h4-9H,10-11,19H2,1-3H3. The minimum absolute atomic E-state index is 0.171. The van der Waals surface area contributed by atoms with Gasteiger partial charge in [-0.2, -0.15) is 0 Å².